The minimum absolute atomic E-state index is 0.0133. The topological polar surface area (TPSA) is 75.6 Å². The van der Waals surface area contributed by atoms with Crippen LogP contribution in [0.15, 0.2) is 60.7 Å². The quantitative estimate of drug-likeness (QED) is 0.364. The molecule has 8 heteroatoms. The van der Waals surface area contributed by atoms with Gasteiger partial charge in [-0.2, -0.15) is 0 Å². The Morgan fingerprint density at radius 2 is 1.38 bits per heavy atom. The van der Waals surface area contributed by atoms with Gasteiger partial charge in [-0.15, -0.1) is 0 Å². The second-order valence-electron chi connectivity index (χ2n) is 12.7. The first-order valence-corrected chi connectivity index (χ1v) is 18.9. The minimum atomic E-state index is -3.05. The lowest BCUT2D eigenvalue weighted by Gasteiger charge is -2.47. The Morgan fingerprint density at radius 1 is 0.919 bits per heavy atom. The van der Waals surface area contributed by atoms with E-state index < -0.39 is 33.4 Å². The van der Waals surface area contributed by atoms with E-state index in [2.05, 4.69) is 60.0 Å². The SMILES string of the molecule is C[C@@H](O[Si](C)(C)C(C)(C)C)[C@H]1C(=O)N[C@H]1SC(=O)C(O)[Si](c1ccccc1)(c1ccccc1)C(C)(C)C. The number of hydrogen-bond donors (Lipinski definition) is 2. The molecule has 0 spiro atoms. The van der Waals surface area contributed by atoms with Gasteiger partial charge in [0.2, 0.25) is 11.0 Å². The van der Waals surface area contributed by atoms with Crippen LogP contribution in [-0.2, 0) is 14.0 Å². The molecule has 1 aliphatic rings. The molecule has 3 rings (SSSR count). The first kappa shape index (κ1) is 29.8. The van der Waals surface area contributed by atoms with E-state index in [4.69, 9.17) is 4.43 Å². The molecule has 2 aromatic carbocycles. The number of benzene rings is 2. The van der Waals surface area contributed by atoms with Crippen LogP contribution in [0.1, 0.15) is 48.5 Å². The summed E-state index contributed by atoms with van der Waals surface area (Å²) < 4.78 is 6.51. The molecular formula is C29H43NO4SSi2. The van der Waals surface area contributed by atoms with Gasteiger partial charge in [-0.3, -0.25) is 9.59 Å². The maximum Gasteiger partial charge on any atom is 0.229 e. The summed E-state index contributed by atoms with van der Waals surface area (Å²) in [6, 6.07) is 19.9. The molecule has 0 aromatic heterocycles. The highest BCUT2D eigenvalue weighted by Gasteiger charge is 2.57. The van der Waals surface area contributed by atoms with E-state index in [-0.39, 0.29) is 27.2 Å². The number of hydrogen-bond acceptors (Lipinski definition) is 5. The Morgan fingerprint density at radius 3 is 1.76 bits per heavy atom. The number of β-lactam (4-membered cyclic amide) rings is 1. The van der Waals surface area contributed by atoms with E-state index in [0.29, 0.717) is 0 Å². The number of carbonyl (C=O) groups is 2. The van der Waals surface area contributed by atoms with Gasteiger partial charge in [-0.05, 0) is 30.1 Å². The molecule has 1 heterocycles. The van der Waals surface area contributed by atoms with Crippen molar-refractivity contribution < 1.29 is 19.1 Å². The van der Waals surface area contributed by atoms with E-state index in [1.165, 1.54) is 0 Å². The van der Waals surface area contributed by atoms with Gasteiger partial charge in [0.05, 0.1) is 17.4 Å². The normalized spacial score (nSPS) is 20.5. The third-order valence-corrected chi connectivity index (χ3v) is 20.1. The van der Waals surface area contributed by atoms with Crippen molar-refractivity contribution >= 4 is 49.5 Å². The van der Waals surface area contributed by atoms with E-state index in [1.54, 1.807) is 0 Å². The van der Waals surface area contributed by atoms with Gasteiger partial charge >= 0.3 is 0 Å². The van der Waals surface area contributed by atoms with Crippen LogP contribution in [0.25, 0.3) is 0 Å². The fraction of sp³-hybridized carbons (Fsp3) is 0.517. The van der Waals surface area contributed by atoms with Crippen molar-refractivity contribution in [2.45, 2.75) is 88.8 Å². The summed E-state index contributed by atoms with van der Waals surface area (Å²) in [5, 5.41) is 15.8. The Bertz CT molecular complexity index is 1060. The Hall–Kier alpha value is -1.72. The van der Waals surface area contributed by atoms with E-state index in [9.17, 15) is 14.7 Å². The van der Waals surface area contributed by atoms with Gasteiger partial charge < -0.3 is 14.8 Å². The van der Waals surface area contributed by atoms with Gasteiger partial charge in [0.15, 0.2) is 16.4 Å². The standard InChI is InChI=1S/C29H43NO4SSi2/c1-20(34-36(8,9)28(2,3)4)23-24(31)30-25(23)35-26(32)27(33)37(29(5,6)7,21-16-12-10-13-17-21)22-18-14-11-15-19-22/h10-20,23,25,27,33H,1-9H3,(H,30,31)/t20-,23+,25+,27?/m1/s1. The highest BCUT2D eigenvalue weighted by atomic mass is 32.2. The maximum absolute atomic E-state index is 13.9. The summed E-state index contributed by atoms with van der Waals surface area (Å²) in [5.74, 6) is -0.536. The second kappa shape index (κ2) is 10.8. The zero-order valence-electron chi connectivity index (χ0n) is 23.7. The minimum Gasteiger partial charge on any atom is -0.413 e. The molecule has 37 heavy (non-hydrogen) atoms. The van der Waals surface area contributed by atoms with Crippen molar-refractivity contribution in [2.75, 3.05) is 0 Å². The first-order valence-electron chi connectivity index (χ1n) is 13.0. The molecule has 4 atom stereocenters. The average Bonchev–Trinajstić information content (AvgIpc) is 2.78. The molecule has 1 saturated heterocycles. The Kier molecular flexibility index (Phi) is 8.71. The molecule has 1 fully saturated rings. The number of nitrogens with one attached hydrogen (secondary N) is 1. The van der Waals surface area contributed by atoms with Crippen molar-refractivity contribution in [3.63, 3.8) is 0 Å². The lowest BCUT2D eigenvalue weighted by atomic mass is 9.96. The van der Waals surface area contributed by atoms with Crippen LogP contribution >= 0.6 is 11.8 Å². The summed E-state index contributed by atoms with van der Waals surface area (Å²) in [6.45, 7) is 19.1. The van der Waals surface area contributed by atoms with Gasteiger partial charge in [-0.25, -0.2) is 0 Å². The third-order valence-electron chi connectivity index (χ3n) is 8.22. The number of amides is 1. The Balaban J connectivity index is 1.93. The largest absolute Gasteiger partial charge is 0.413 e. The van der Waals surface area contributed by atoms with E-state index in [1.807, 2.05) is 67.6 Å². The summed E-state index contributed by atoms with van der Waals surface area (Å²) in [6.07, 6.45) is -0.315. The Labute approximate surface area is 228 Å². The van der Waals surface area contributed by atoms with Crippen LogP contribution in [0.4, 0.5) is 0 Å². The number of carbonyl (C=O) groups excluding carboxylic acids is 2. The highest BCUT2D eigenvalue weighted by Crippen LogP contribution is 2.42. The fourth-order valence-corrected chi connectivity index (χ4v) is 13.7. The molecule has 0 radical (unpaired) electrons. The maximum atomic E-state index is 13.9. The lowest BCUT2D eigenvalue weighted by molar-refractivity contribution is -0.136. The number of rotatable bonds is 8. The van der Waals surface area contributed by atoms with Crippen LogP contribution < -0.4 is 15.7 Å². The number of thioether (sulfide) groups is 1. The summed E-state index contributed by atoms with van der Waals surface area (Å²) >= 11 is 1.05. The van der Waals surface area contributed by atoms with Crippen molar-refractivity contribution in [3.8, 4) is 0 Å². The molecule has 0 aliphatic carbocycles. The molecule has 1 unspecified atom stereocenters. The summed E-state index contributed by atoms with van der Waals surface area (Å²) in [5.41, 5.74) is -1.20. The van der Waals surface area contributed by atoms with Crippen molar-refractivity contribution in [1.82, 2.24) is 5.32 Å². The molecule has 0 saturated carbocycles. The highest BCUT2D eigenvalue weighted by molar-refractivity contribution is 8.14. The van der Waals surface area contributed by atoms with Crippen LogP contribution in [-0.4, -0.2) is 49.7 Å². The first-order chi connectivity index (χ1) is 17.0. The molecule has 1 aliphatic heterocycles. The van der Waals surface area contributed by atoms with Crippen LogP contribution in [0.2, 0.25) is 23.2 Å². The third kappa shape index (κ3) is 5.68. The average molecular weight is 558 g/mol. The predicted molar refractivity (Wildman–Crippen MR) is 159 cm³/mol. The summed E-state index contributed by atoms with van der Waals surface area (Å²) in [7, 11) is -5.15. The van der Waals surface area contributed by atoms with Crippen molar-refractivity contribution in [1.29, 1.82) is 0 Å². The second-order valence-corrected chi connectivity index (χ2v) is 23.4. The van der Waals surface area contributed by atoms with Crippen molar-refractivity contribution in [2.24, 2.45) is 5.92 Å². The van der Waals surface area contributed by atoms with E-state index in [0.717, 1.165) is 22.1 Å². The molecule has 2 N–H and O–H groups in total. The molecule has 5 nitrogen and oxygen atoms in total. The van der Waals surface area contributed by atoms with Gasteiger partial charge in [0.1, 0.15) is 5.73 Å². The summed E-state index contributed by atoms with van der Waals surface area (Å²) in [4.78, 5) is 26.5. The predicted octanol–water partition coefficient (Wildman–Crippen LogP) is 4.69. The van der Waals surface area contributed by atoms with Gasteiger partial charge in [0, 0.05) is 0 Å². The monoisotopic (exact) mass is 557 g/mol. The van der Waals surface area contributed by atoms with Gasteiger partial charge in [0.25, 0.3) is 0 Å². The molecule has 202 valence electrons. The zero-order valence-corrected chi connectivity index (χ0v) is 26.5. The molecule has 1 amide bonds. The lowest BCUT2D eigenvalue weighted by Crippen LogP contribution is -2.73. The molecular weight excluding hydrogens is 515 g/mol. The number of aliphatic hydroxyl groups is 1. The van der Waals surface area contributed by atoms with Crippen LogP contribution in [0.3, 0.4) is 0 Å². The molecule has 2 aromatic rings. The molecule has 0 bridgehead atoms. The van der Waals surface area contributed by atoms with Crippen LogP contribution in [0, 0.1) is 5.92 Å². The number of aliphatic hydroxyl groups excluding tert-OH is 1. The van der Waals surface area contributed by atoms with Crippen molar-refractivity contribution in [3.05, 3.63) is 60.7 Å². The zero-order chi connectivity index (χ0) is 27.8. The van der Waals surface area contributed by atoms with Crippen LogP contribution in [0.5, 0.6) is 0 Å². The van der Waals surface area contributed by atoms with Gasteiger partial charge in [-0.1, -0.05) is 124 Å². The smallest absolute Gasteiger partial charge is 0.229 e. The fourth-order valence-electron chi connectivity index (χ4n) is 5.17. The van der Waals surface area contributed by atoms with E-state index >= 15 is 0 Å².